The van der Waals surface area contributed by atoms with Gasteiger partial charge in [-0.05, 0) is 69.1 Å². The zero-order chi connectivity index (χ0) is 37.6. The quantitative estimate of drug-likeness (QED) is 0.161. The van der Waals surface area contributed by atoms with Gasteiger partial charge in [0, 0.05) is 25.9 Å². The predicted octanol–water partition coefficient (Wildman–Crippen LogP) is 5.76. The molecular formula is C39H66N4O7. The maximum atomic E-state index is 14.1. The Kier molecular flexibility index (Phi) is 17.0. The molecule has 4 amide bonds. The molecule has 0 unspecified atom stereocenters. The summed E-state index contributed by atoms with van der Waals surface area (Å²) in [6.45, 7) is 15.7. The number of benzene rings is 1. The second kappa shape index (κ2) is 19.9. The van der Waals surface area contributed by atoms with Crippen molar-refractivity contribution in [3.05, 3.63) is 29.8 Å². The summed E-state index contributed by atoms with van der Waals surface area (Å²) in [6, 6.07) is 4.79. The summed E-state index contributed by atoms with van der Waals surface area (Å²) < 4.78 is 10.8. The van der Waals surface area contributed by atoms with Crippen LogP contribution >= 0.6 is 0 Å². The van der Waals surface area contributed by atoms with Gasteiger partial charge in [0.05, 0.1) is 19.3 Å². The van der Waals surface area contributed by atoms with Crippen LogP contribution in [-0.2, 0) is 25.5 Å². The molecule has 284 valence electrons. The highest BCUT2D eigenvalue weighted by molar-refractivity contribution is 5.91. The number of nitrogens with zero attached hydrogens (tertiary/aromatic N) is 1. The molecule has 1 aliphatic carbocycles. The fourth-order valence-corrected chi connectivity index (χ4v) is 6.35. The molecule has 1 aromatic rings. The molecule has 50 heavy (non-hydrogen) atoms. The number of carbonyl (C=O) groups excluding carboxylic acids is 4. The lowest BCUT2D eigenvalue weighted by Crippen LogP contribution is -2.57. The Balaban J connectivity index is 2.30. The van der Waals surface area contributed by atoms with Gasteiger partial charge in [-0.3, -0.25) is 14.4 Å². The van der Waals surface area contributed by atoms with Gasteiger partial charge in [0.2, 0.25) is 17.7 Å². The Labute approximate surface area is 301 Å². The number of likely N-dealkylation sites (N-methyl/N-ethyl adjacent to an activating group) is 1. The Morgan fingerprint density at radius 2 is 1.58 bits per heavy atom. The van der Waals surface area contributed by atoms with Gasteiger partial charge in [-0.15, -0.1) is 0 Å². The predicted molar refractivity (Wildman–Crippen MR) is 197 cm³/mol. The maximum absolute atomic E-state index is 14.1. The standard InChI is InChI=1S/C39H66N4O7/c1-11-15-32(43(9)36(47)31(42-37(48)50-39(6,7)8)24-28-18-20-29(49-10)21-19-28)35(46)41-30(23-27-16-13-12-14-17-27)33(44)22-26(2)34(45)40-25-38(3,4)5/h18-21,26-27,30-33,44H,11-17,22-25H2,1-10H3,(H,40,45)(H,41,46)(H,42,48)/t26-,30+,31+,32+,33+/m1/s1. The van der Waals surface area contributed by atoms with Crippen molar-refractivity contribution in [2.45, 2.75) is 149 Å². The zero-order valence-electron chi connectivity index (χ0n) is 32.4. The number of hydrogen-bond donors (Lipinski definition) is 4. The fraction of sp³-hybridized carbons (Fsp3) is 0.744. The molecule has 4 N–H and O–H groups in total. The van der Waals surface area contributed by atoms with Crippen LogP contribution in [0.2, 0.25) is 0 Å². The topological polar surface area (TPSA) is 146 Å². The number of aliphatic hydroxyl groups excluding tert-OH is 1. The number of hydrogen-bond acceptors (Lipinski definition) is 7. The Morgan fingerprint density at radius 1 is 0.960 bits per heavy atom. The lowest BCUT2D eigenvalue weighted by molar-refractivity contribution is -0.141. The van der Waals surface area contributed by atoms with Crippen LogP contribution in [0.25, 0.3) is 0 Å². The molecule has 1 aliphatic rings. The molecule has 1 saturated carbocycles. The third-order valence-electron chi connectivity index (χ3n) is 9.21. The van der Waals surface area contributed by atoms with E-state index in [1.54, 1.807) is 54.0 Å². The molecule has 11 nitrogen and oxygen atoms in total. The first kappa shape index (κ1) is 42.8. The van der Waals surface area contributed by atoms with Gasteiger partial charge in [0.1, 0.15) is 23.4 Å². The van der Waals surface area contributed by atoms with E-state index in [2.05, 4.69) is 16.0 Å². The first-order valence-electron chi connectivity index (χ1n) is 18.5. The van der Waals surface area contributed by atoms with E-state index in [4.69, 9.17) is 9.47 Å². The van der Waals surface area contributed by atoms with Crippen molar-refractivity contribution in [2.24, 2.45) is 17.3 Å². The van der Waals surface area contributed by atoms with Gasteiger partial charge in [-0.2, -0.15) is 0 Å². The van der Waals surface area contributed by atoms with Crippen molar-refractivity contribution in [1.82, 2.24) is 20.9 Å². The SMILES string of the molecule is CCC[C@@H](C(=O)N[C@@H](CC1CCCCC1)[C@@H](O)C[C@@H](C)C(=O)NCC(C)(C)C)N(C)C(=O)[C@H](Cc1ccc(OC)cc1)NC(=O)OC(C)(C)C. The molecule has 1 fully saturated rings. The molecule has 0 bridgehead atoms. The molecule has 0 saturated heterocycles. The van der Waals surface area contributed by atoms with E-state index in [1.165, 1.54) is 11.3 Å². The molecule has 5 atom stereocenters. The zero-order valence-corrected chi connectivity index (χ0v) is 32.4. The van der Waals surface area contributed by atoms with Crippen molar-refractivity contribution in [3.8, 4) is 5.75 Å². The third-order valence-corrected chi connectivity index (χ3v) is 9.21. The summed E-state index contributed by atoms with van der Waals surface area (Å²) in [6.07, 6.45) is 5.76. The first-order valence-corrected chi connectivity index (χ1v) is 18.5. The monoisotopic (exact) mass is 702 g/mol. The molecular weight excluding hydrogens is 636 g/mol. The van der Waals surface area contributed by atoms with Crippen LogP contribution in [0.4, 0.5) is 4.79 Å². The maximum Gasteiger partial charge on any atom is 0.408 e. The van der Waals surface area contributed by atoms with Crippen LogP contribution in [-0.4, -0.2) is 84.4 Å². The number of nitrogens with one attached hydrogen (secondary N) is 3. The van der Waals surface area contributed by atoms with Gasteiger partial charge in [-0.1, -0.05) is 85.3 Å². The van der Waals surface area contributed by atoms with Crippen molar-refractivity contribution < 1.29 is 33.8 Å². The van der Waals surface area contributed by atoms with Crippen LogP contribution in [0.15, 0.2) is 24.3 Å². The van der Waals surface area contributed by atoms with Gasteiger partial charge >= 0.3 is 6.09 Å². The summed E-state index contributed by atoms with van der Waals surface area (Å²) in [5, 5.41) is 20.4. The lowest BCUT2D eigenvalue weighted by Gasteiger charge is -2.35. The van der Waals surface area contributed by atoms with E-state index in [0.29, 0.717) is 37.5 Å². The smallest absolute Gasteiger partial charge is 0.408 e. The van der Waals surface area contributed by atoms with Crippen LogP contribution < -0.4 is 20.7 Å². The van der Waals surface area contributed by atoms with Gasteiger partial charge < -0.3 is 35.4 Å². The minimum Gasteiger partial charge on any atom is -0.497 e. The summed E-state index contributed by atoms with van der Waals surface area (Å²) in [5.74, 6) is -0.368. The molecule has 0 aromatic heterocycles. The average Bonchev–Trinajstić information content (AvgIpc) is 3.04. The van der Waals surface area contributed by atoms with Crippen molar-refractivity contribution in [2.75, 3.05) is 20.7 Å². The minimum atomic E-state index is -1.01. The van der Waals surface area contributed by atoms with E-state index in [0.717, 1.165) is 31.2 Å². The second-order valence-electron chi connectivity index (χ2n) is 16.3. The number of amides is 4. The number of carbonyl (C=O) groups is 4. The number of ether oxygens (including phenoxy) is 2. The van der Waals surface area contributed by atoms with Crippen molar-refractivity contribution >= 4 is 23.8 Å². The fourth-order valence-electron chi connectivity index (χ4n) is 6.35. The number of aliphatic hydroxyl groups is 1. The average molecular weight is 703 g/mol. The van der Waals surface area contributed by atoms with Gasteiger partial charge in [0.15, 0.2) is 0 Å². The number of alkyl carbamates (subject to hydrolysis) is 1. The van der Waals surface area contributed by atoms with E-state index in [1.807, 2.05) is 39.8 Å². The van der Waals surface area contributed by atoms with E-state index in [9.17, 15) is 24.3 Å². The third kappa shape index (κ3) is 15.3. The van der Waals surface area contributed by atoms with E-state index >= 15 is 0 Å². The Bertz CT molecular complexity index is 1220. The van der Waals surface area contributed by atoms with Crippen molar-refractivity contribution in [3.63, 3.8) is 0 Å². The lowest BCUT2D eigenvalue weighted by atomic mass is 9.82. The molecule has 11 heteroatoms. The molecule has 0 spiro atoms. The van der Waals surface area contributed by atoms with Crippen LogP contribution in [0.5, 0.6) is 5.75 Å². The first-order chi connectivity index (χ1) is 23.3. The summed E-state index contributed by atoms with van der Waals surface area (Å²) in [4.78, 5) is 55.4. The van der Waals surface area contributed by atoms with E-state index in [-0.39, 0.29) is 30.1 Å². The summed E-state index contributed by atoms with van der Waals surface area (Å²) in [5.41, 5.74) is -0.0477. The summed E-state index contributed by atoms with van der Waals surface area (Å²) in [7, 11) is 3.15. The van der Waals surface area contributed by atoms with Crippen LogP contribution in [0.3, 0.4) is 0 Å². The minimum absolute atomic E-state index is 0.0701. The Hall–Kier alpha value is -3.34. The van der Waals surface area contributed by atoms with Gasteiger partial charge in [0.25, 0.3) is 0 Å². The Morgan fingerprint density at radius 3 is 2.12 bits per heavy atom. The van der Waals surface area contributed by atoms with Crippen LogP contribution in [0, 0.1) is 17.3 Å². The molecule has 1 aromatic carbocycles. The van der Waals surface area contributed by atoms with Gasteiger partial charge in [-0.25, -0.2) is 4.79 Å². The number of rotatable bonds is 17. The molecule has 0 radical (unpaired) electrons. The molecule has 0 aliphatic heterocycles. The highest BCUT2D eigenvalue weighted by atomic mass is 16.6. The summed E-state index contributed by atoms with van der Waals surface area (Å²) >= 11 is 0. The number of methoxy groups -OCH3 is 1. The second-order valence-corrected chi connectivity index (χ2v) is 16.3. The highest BCUT2D eigenvalue weighted by Gasteiger charge is 2.36. The molecule has 0 heterocycles. The largest absolute Gasteiger partial charge is 0.497 e. The normalized spacial score (nSPS) is 17.0. The van der Waals surface area contributed by atoms with Crippen molar-refractivity contribution in [1.29, 1.82) is 0 Å². The highest BCUT2D eigenvalue weighted by Crippen LogP contribution is 2.29. The molecule has 2 rings (SSSR count). The van der Waals surface area contributed by atoms with E-state index < -0.39 is 47.7 Å². The van der Waals surface area contributed by atoms with Crippen LogP contribution in [0.1, 0.15) is 119 Å².